The van der Waals surface area contributed by atoms with Crippen LogP contribution in [0.1, 0.15) is 34.6 Å². The molecule has 138 valence electrons. The van der Waals surface area contributed by atoms with E-state index in [-0.39, 0.29) is 11.7 Å². The van der Waals surface area contributed by atoms with Crippen molar-refractivity contribution in [3.63, 3.8) is 0 Å². The maximum Gasteiger partial charge on any atom is 0.410 e. The Morgan fingerprint density at radius 1 is 1.20 bits per heavy atom. The van der Waals surface area contributed by atoms with Gasteiger partial charge in [-0.25, -0.2) is 4.79 Å². The minimum absolute atomic E-state index is 0.187. The number of carbonyl (C=O) groups excluding carboxylic acids is 1. The van der Waals surface area contributed by atoms with E-state index in [1.165, 1.54) is 0 Å². The topological polar surface area (TPSA) is 54.0 Å². The fraction of sp³-hybridized carbons (Fsp3) is 0.632. The summed E-state index contributed by atoms with van der Waals surface area (Å²) in [7, 11) is 0. The van der Waals surface area contributed by atoms with Gasteiger partial charge >= 0.3 is 6.09 Å². The zero-order chi connectivity index (χ0) is 18.2. The van der Waals surface area contributed by atoms with Gasteiger partial charge in [0, 0.05) is 31.9 Å². The Kier molecular flexibility index (Phi) is 4.47. The number of anilines is 2. The molecular weight excluding hydrogens is 318 g/mol. The summed E-state index contributed by atoms with van der Waals surface area (Å²) in [5, 5.41) is 3.45. The third-order valence-corrected chi connectivity index (χ3v) is 4.35. The zero-order valence-electron chi connectivity index (χ0n) is 15.9. The first-order chi connectivity index (χ1) is 11.6. The van der Waals surface area contributed by atoms with Crippen molar-refractivity contribution in [2.45, 2.75) is 45.8 Å². The monoisotopic (exact) mass is 347 g/mol. The van der Waals surface area contributed by atoms with Gasteiger partial charge in [-0.2, -0.15) is 0 Å². The van der Waals surface area contributed by atoms with E-state index in [4.69, 9.17) is 9.47 Å². The first kappa shape index (κ1) is 17.7. The molecule has 0 unspecified atom stereocenters. The van der Waals surface area contributed by atoms with Gasteiger partial charge in [-0.3, -0.25) is 0 Å². The predicted molar refractivity (Wildman–Crippen MR) is 99.7 cm³/mol. The van der Waals surface area contributed by atoms with Gasteiger partial charge in [0.2, 0.25) is 0 Å². The van der Waals surface area contributed by atoms with Crippen molar-refractivity contribution < 1.29 is 14.3 Å². The minimum Gasteiger partial charge on any atom is -0.484 e. The largest absolute Gasteiger partial charge is 0.484 e. The Hall–Kier alpha value is -2.11. The molecule has 2 aliphatic heterocycles. The van der Waals surface area contributed by atoms with Crippen LogP contribution in [0.4, 0.5) is 16.2 Å². The van der Waals surface area contributed by atoms with Gasteiger partial charge in [0.05, 0.1) is 12.2 Å². The summed E-state index contributed by atoms with van der Waals surface area (Å²) in [6.45, 7) is 13.6. The molecule has 0 aliphatic carbocycles. The summed E-state index contributed by atoms with van der Waals surface area (Å²) in [4.78, 5) is 16.2. The Balaban J connectivity index is 1.61. The molecule has 1 N–H and O–H groups in total. The van der Waals surface area contributed by atoms with E-state index < -0.39 is 5.60 Å². The van der Waals surface area contributed by atoms with Crippen LogP contribution in [-0.4, -0.2) is 54.9 Å². The van der Waals surface area contributed by atoms with Crippen LogP contribution in [0, 0.1) is 0 Å². The first-order valence-electron chi connectivity index (χ1n) is 8.93. The molecule has 0 bridgehead atoms. The number of amides is 1. The molecule has 1 aromatic carbocycles. The van der Waals surface area contributed by atoms with E-state index >= 15 is 0 Å². The molecule has 1 amide bonds. The third-order valence-electron chi connectivity index (χ3n) is 4.35. The molecule has 0 aromatic heterocycles. The van der Waals surface area contributed by atoms with Gasteiger partial charge in [0.1, 0.15) is 17.0 Å². The van der Waals surface area contributed by atoms with E-state index in [0.29, 0.717) is 13.1 Å². The van der Waals surface area contributed by atoms with Crippen LogP contribution in [0.3, 0.4) is 0 Å². The van der Waals surface area contributed by atoms with Crippen LogP contribution in [0.15, 0.2) is 18.2 Å². The number of rotatable bonds is 1. The number of hydrogen-bond acceptors (Lipinski definition) is 5. The molecule has 3 rings (SSSR count). The Labute approximate surface area is 150 Å². The van der Waals surface area contributed by atoms with Crippen molar-refractivity contribution in [1.29, 1.82) is 0 Å². The third kappa shape index (κ3) is 4.30. The van der Waals surface area contributed by atoms with E-state index in [1.54, 1.807) is 4.90 Å². The quantitative estimate of drug-likeness (QED) is 0.844. The molecule has 25 heavy (non-hydrogen) atoms. The molecule has 0 atom stereocenters. The summed E-state index contributed by atoms with van der Waals surface area (Å²) in [6.07, 6.45) is -0.227. The molecule has 0 saturated carbocycles. The van der Waals surface area contributed by atoms with Crippen molar-refractivity contribution in [1.82, 2.24) is 4.90 Å². The Morgan fingerprint density at radius 3 is 2.52 bits per heavy atom. The van der Waals surface area contributed by atoms with Crippen LogP contribution >= 0.6 is 0 Å². The first-order valence-corrected chi connectivity index (χ1v) is 8.93. The highest BCUT2D eigenvalue weighted by Gasteiger charge is 2.28. The fourth-order valence-corrected chi connectivity index (χ4v) is 3.06. The van der Waals surface area contributed by atoms with E-state index in [2.05, 4.69) is 36.2 Å². The lowest BCUT2D eigenvalue weighted by Crippen LogP contribution is -2.50. The number of carbonyl (C=O) groups is 1. The highest BCUT2D eigenvalue weighted by Crippen LogP contribution is 2.36. The summed E-state index contributed by atoms with van der Waals surface area (Å²) in [5.74, 6) is 0.896. The number of ether oxygens (including phenoxy) is 2. The number of nitrogens with one attached hydrogen (secondary N) is 1. The SMILES string of the molecule is CC(C)(C)OC(=O)N1CCN(c2ccc3c(c2)NCC(C)(C)O3)CC1. The average molecular weight is 347 g/mol. The molecule has 1 saturated heterocycles. The van der Waals surface area contributed by atoms with Gasteiger partial charge in [0.15, 0.2) is 0 Å². The van der Waals surface area contributed by atoms with Crippen molar-refractivity contribution in [3.05, 3.63) is 18.2 Å². The smallest absolute Gasteiger partial charge is 0.410 e. The Morgan fingerprint density at radius 2 is 1.88 bits per heavy atom. The second-order valence-corrected chi connectivity index (χ2v) is 8.35. The number of fused-ring (bicyclic) bond motifs is 1. The molecule has 6 nitrogen and oxygen atoms in total. The summed E-state index contributed by atoms with van der Waals surface area (Å²) >= 11 is 0. The van der Waals surface area contributed by atoms with Crippen LogP contribution in [0.5, 0.6) is 5.75 Å². The maximum atomic E-state index is 12.2. The predicted octanol–water partition coefficient (Wildman–Crippen LogP) is 3.33. The summed E-state index contributed by atoms with van der Waals surface area (Å²) in [5.41, 5.74) is 1.55. The summed E-state index contributed by atoms with van der Waals surface area (Å²) < 4.78 is 11.5. The lowest BCUT2D eigenvalue weighted by atomic mass is 10.1. The van der Waals surface area contributed by atoms with Crippen LogP contribution < -0.4 is 15.0 Å². The van der Waals surface area contributed by atoms with Gasteiger partial charge in [0.25, 0.3) is 0 Å². The van der Waals surface area contributed by atoms with Crippen molar-refractivity contribution in [2.24, 2.45) is 0 Å². The van der Waals surface area contributed by atoms with Crippen LogP contribution in [0.25, 0.3) is 0 Å². The van der Waals surface area contributed by atoms with E-state index in [1.807, 2.05) is 26.8 Å². The number of hydrogen-bond donors (Lipinski definition) is 1. The van der Waals surface area contributed by atoms with E-state index in [0.717, 1.165) is 36.8 Å². The van der Waals surface area contributed by atoms with Gasteiger partial charge in [-0.15, -0.1) is 0 Å². The van der Waals surface area contributed by atoms with Crippen molar-refractivity contribution >= 4 is 17.5 Å². The maximum absolute atomic E-state index is 12.2. The lowest BCUT2D eigenvalue weighted by Gasteiger charge is -2.38. The van der Waals surface area contributed by atoms with Gasteiger partial charge in [-0.1, -0.05) is 0 Å². The zero-order valence-corrected chi connectivity index (χ0v) is 15.9. The highest BCUT2D eigenvalue weighted by molar-refractivity contribution is 5.70. The number of benzene rings is 1. The summed E-state index contributed by atoms with van der Waals surface area (Å²) in [6, 6.07) is 6.25. The highest BCUT2D eigenvalue weighted by atomic mass is 16.6. The molecule has 2 heterocycles. The second kappa shape index (κ2) is 6.32. The van der Waals surface area contributed by atoms with Crippen LogP contribution in [-0.2, 0) is 4.74 Å². The molecule has 1 aromatic rings. The normalized spacial score (nSPS) is 19.6. The molecule has 1 fully saturated rings. The lowest BCUT2D eigenvalue weighted by molar-refractivity contribution is 0.0240. The molecular formula is C19H29N3O3. The standard InChI is InChI=1S/C19H29N3O3/c1-18(2,3)25-17(23)22-10-8-21(9-11-22)14-6-7-16-15(12-14)20-13-19(4,5)24-16/h6-7,12,20H,8-11,13H2,1-5H3. The molecule has 6 heteroatoms. The minimum atomic E-state index is -0.452. The number of piperazine rings is 1. The van der Waals surface area contributed by atoms with Crippen molar-refractivity contribution in [3.8, 4) is 5.75 Å². The second-order valence-electron chi connectivity index (χ2n) is 8.35. The molecule has 0 radical (unpaired) electrons. The van der Waals surface area contributed by atoms with Crippen LogP contribution in [0.2, 0.25) is 0 Å². The van der Waals surface area contributed by atoms with Crippen molar-refractivity contribution in [2.75, 3.05) is 42.9 Å². The van der Waals surface area contributed by atoms with E-state index in [9.17, 15) is 4.79 Å². The molecule has 0 spiro atoms. The molecule has 2 aliphatic rings. The average Bonchev–Trinajstić information content (AvgIpc) is 2.52. The fourth-order valence-electron chi connectivity index (χ4n) is 3.06. The van der Waals surface area contributed by atoms with Gasteiger partial charge in [-0.05, 0) is 52.8 Å². The van der Waals surface area contributed by atoms with Gasteiger partial charge < -0.3 is 24.6 Å². The Bertz CT molecular complexity index is 644. The number of nitrogens with zero attached hydrogens (tertiary/aromatic N) is 2.